The SMILES string of the molecule is CC(=O)Cc1nn[c]o1. The van der Waals surface area contributed by atoms with Crippen LogP contribution >= 0.6 is 0 Å². The van der Waals surface area contributed by atoms with Crippen LogP contribution < -0.4 is 0 Å². The van der Waals surface area contributed by atoms with Gasteiger partial charge in [-0.2, -0.15) is 0 Å². The Hall–Kier alpha value is -1.19. The Balaban J connectivity index is 2.58. The quantitative estimate of drug-likeness (QED) is 0.558. The molecular weight excluding hydrogens is 120 g/mol. The van der Waals surface area contributed by atoms with Crippen molar-refractivity contribution in [1.82, 2.24) is 10.2 Å². The fourth-order valence-corrected chi connectivity index (χ4v) is 0.454. The van der Waals surface area contributed by atoms with Crippen molar-refractivity contribution in [2.75, 3.05) is 0 Å². The van der Waals surface area contributed by atoms with Crippen LogP contribution in [0, 0.1) is 6.39 Å². The van der Waals surface area contributed by atoms with E-state index >= 15 is 0 Å². The third kappa shape index (κ3) is 1.64. The molecule has 0 aliphatic carbocycles. The van der Waals surface area contributed by atoms with E-state index in [4.69, 9.17) is 0 Å². The van der Waals surface area contributed by atoms with Crippen LogP contribution in [0.4, 0.5) is 0 Å². The van der Waals surface area contributed by atoms with Gasteiger partial charge in [0.25, 0.3) is 0 Å². The number of carbonyl (C=O) groups is 1. The highest BCUT2D eigenvalue weighted by molar-refractivity contribution is 5.77. The van der Waals surface area contributed by atoms with Gasteiger partial charge in [0.15, 0.2) is 0 Å². The summed E-state index contributed by atoms with van der Waals surface area (Å²) in [7, 11) is 0. The van der Waals surface area contributed by atoms with Crippen molar-refractivity contribution < 1.29 is 9.21 Å². The second-order valence-corrected chi connectivity index (χ2v) is 1.67. The molecule has 0 N–H and O–H groups in total. The fraction of sp³-hybridized carbons (Fsp3) is 0.400. The highest BCUT2D eigenvalue weighted by Crippen LogP contribution is 1.91. The largest absolute Gasteiger partial charge is 0.416 e. The number of nitrogens with zero attached hydrogens (tertiary/aromatic N) is 2. The predicted octanol–water partition coefficient (Wildman–Crippen LogP) is 0.00129. The summed E-state index contributed by atoms with van der Waals surface area (Å²) in [5, 5.41) is 6.74. The van der Waals surface area contributed by atoms with Crippen LogP contribution in [0.25, 0.3) is 0 Å². The van der Waals surface area contributed by atoms with E-state index < -0.39 is 0 Å². The summed E-state index contributed by atoms with van der Waals surface area (Å²) in [6.45, 7) is 1.46. The summed E-state index contributed by atoms with van der Waals surface area (Å²) in [5.41, 5.74) is 0. The molecule has 1 radical (unpaired) electrons. The first-order chi connectivity index (χ1) is 4.29. The number of rotatable bonds is 2. The molecule has 0 saturated carbocycles. The summed E-state index contributed by atoms with van der Waals surface area (Å²) in [6.07, 6.45) is 2.35. The predicted molar refractivity (Wildman–Crippen MR) is 27.5 cm³/mol. The monoisotopic (exact) mass is 125 g/mol. The van der Waals surface area contributed by atoms with Crippen molar-refractivity contribution >= 4 is 5.78 Å². The minimum atomic E-state index is 0.00708. The maximum Gasteiger partial charge on any atom is 0.305 e. The van der Waals surface area contributed by atoms with Gasteiger partial charge in [0.05, 0.1) is 6.42 Å². The Bertz CT molecular complexity index is 193. The van der Waals surface area contributed by atoms with E-state index in [9.17, 15) is 4.79 Å². The van der Waals surface area contributed by atoms with E-state index in [0.717, 1.165) is 0 Å². The molecule has 0 aliphatic rings. The Labute approximate surface area is 51.9 Å². The standard InChI is InChI=1S/C5H5N2O2/c1-4(8)2-5-7-6-3-9-5/h2H2,1H3. The van der Waals surface area contributed by atoms with Crippen LogP contribution in [-0.4, -0.2) is 16.0 Å². The number of hydrogen-bond acceptors (Lipinski definition) is 4. The van der Waals surface area contributed by atoms with Crippen LogP contribution in [0.5, 0.6) is 0 Å². The van der Waals surface area contributed by atoms with Crippen molar-refractivity contribution in [3.63, 3.8) is 0 Å². The summed E-state index contributed by atoms with van der Waals surface area (Å²) < 4.78 is 4.58. The van der Waals surface area contributed by atoms with Crippen molar-refractivity contribution in [2.24, 2.45) is 0 Å². The van der Waals surface area contributed by atoms with Crippen LogP contribution in [0.2, 0.25) is 0 Å². The fourth-order valence-electron chi connectivity index (χ4n) is 0.454. The van der Waals surface area contributed by atoms with Crippen LogP contribution in [0.3, 0.4) is 0 Å². The zero-order valence-corrected chi connectivity index (χ0v) is 4.92. The molecule has 0 aliphatic heterocycles. The van der Waals surface area contributed by atoms with E-state index in [1.807, 2.05) is 0 Å². The molecule has 0 aromatic carbocycles. The molecule has 4 heteroatoms. The van der Waals surface area contributed by atoms with E-state index in [-0.39, 0.29) is 12.2 Å². The highest BCUT2D eigenvalue weighted by atomic mass is 16.4. The number of aromatic nitrogens is 2. The van der Waals surface area contributed by atoms with E-state index in [1.165, 1.54) is 6.92 Å². The van der Waals surface area contributed by atoms with Crippen LogP contribution in [-0.2, 0) is 11.2 Å². The Morgan fingerprint density at radius 1 is 1.89 bits per heavy atom. The van der Waals surface area contributed by atoms with Gasteiger partial charge in [0, 0.05) is 0 Å². The normalized spacial score (nSPS) is 9.44. The molecule has 1 aromatic heterocycles. The van der Waals surface area contributed by atoms with E-state index in [2.05, 4.69) is 21.0 Å². The molecular formula is C5H5N2O2. The molecule has 47 valence electrons. The van der Waals surface area contributed by atoms with Gasteiger partial charge in [-0.25, -0.2) is 0 Å². The number of ketones is 1. The molecule has 0 atom stereocenters. The van der Waals surface area contributed by atoms with Gasteiger partial charge in [0.1, 0.15) is 5.78 Å². The lowest BCUT2D eigenvalue weighted by Gasteiger charge is -1.82. The van der Waals surface area contributed by atoms with Crippen molar-refractivity contribution in [3.05, 3.63) is 12.3 Å². The van der Waals surface area contributed by atoms with E-state index in [0.29, 0.717) is 5.89 Å². The average molecular weight is 125 g/mol. The summed E-state index contributed by atoms with van der Waals surface area (Å²) in [5.74, 6) is 0.329. The molecule has 1 rings (SSSR count). The molecule has 9 heavy (non-hydrogen) atoms. The third-order valence-corrected chi connectivity index (χ3v) is 0.766. The number of hydrogen-bond donors (Lipinski definition) is 0. The first kappa shape index (κ1) is 5.94. The molecule has 0 bridgehead atoms. The maximum atomic E-state index is 10.4. The molecule has 4 nitrogen and oxygen atoms in total. The van der Waals surface area contributed by atoms with Crippen molar-refractivity contribution in [1.29, 1.82) is 0 Å². The molecule has 0 unspecified atom stereocenters. The summed E-state index contributed by atoms with van der Waals surface area (Å²) in [4.78, 5) is 10.4. The maximum absolute atomic E-state index is 10.4. The lowest BCUT2D eigenvalue weighted by Crippen LogP contribution is -1.95. The summed E-state index contributed by atoms with van der Waals surface area (Å²) in [6, 6.07) is 0. The molecule has 0 fully saturated rings. The smallest absolute Gasteiger partial charge is 0.305 e. The van der Waals surface area contributed by atoms with Gasteiger partial charge in [-0.15, -0.1) is 10.2 Å². The highest BCUT2D eigenvalue weighted by Gasteiger charge is 2.00. The average Bonchev–Trinajstić information content (AvgIpc) is 2.15. The Kier molecular flexibility index (Phi) is 1.58. The molecule has 0 amide bonds. The zero-order valence-electron chi connectivity index (χ0n) is 4.92. The second-order valence-electron chi connectivity index (χ2n) is 1.67. The molecule has 0 saturated heterocycles. The Morgan fingerprint density at radius 2 is 2.67 bits per heavy atom. The minimum absolute atomic E-state index is 0.00708. The van der Waals surface area contributed by atoms with Gasteiger partial charge < -0.3 is 4.42 Å². The molecule has 1 aromatic rings. The number of carbonyl (C=O) groups excluding carboxylic acids is 1. The van der Waals surface area contributed by atoms with Crippen molar-refractivity contribution in [2.45, 2.75) is 13.3 Å². The number of Topliss-reactive ketones (excluding diaryl/α,β-unsaturated/α-hetero) is 1. The van der Waals surface area contributed by atoms with Gasteiger partial charge in [0.2, 0.25) is 5.89 Å². The van der Waals surface area contributed by atoms with Gasteiger partial charge in [-0.3, -0.25) is 4.79 Å². The van der Waals surface area contributed by atoms with Gasteiger partial charge in [-0.1, -0.05) is 0 Å². The summed E-state index contributed by atoms with van der Waals surface area (Å²) >= 11 is 0. The topological polar surface area (TPSA) is 56.0 Å². The minimum Gasteiger partial charge on any atom is -0.416 e. The lowest BCUT2D eigenvalue weighted by molar-refractivity contribution is -0.116. The Morgan fingerprint density at radius 3 is 3.11 bits per heavy atom. The van der Waals surface area contributed by atoms with Gasteiger partial charge >= 0.3 is 6.39 Å². The van der Waals surface area contributed by atoms with Crippen LogP contribution in [0.15, 0.2) is 4.42 Å². The lowest BCUT2D eigenvalue weighted by atomic mass is 10.3. The van der Waals surface area contributed by atoms with E-state index in [1.54, 1.807) is 0 Å². The van der Waals surface area contributed by atoms with Gasteiger partial charge in [-0.05, 0) is 6.92 Å². The third-order valence-electron chi connectivity index (χ3n) is 0.766. The first-order valence-electron chi connectivity index (χ1n) is 2.47. The second kappa shape index (κ2) is 2.39. The van der Waals surface area contributed by atoms with Crippen molar-refractivity contribution in [3.8, 4) is 0 Å². The molecule has 1 heterocycles. The van der Waals surface area contributed by atoms with Crippen LogP contribution in [0.1, 0.15) is 12.8 Å². The zero-order chi connectivity index (χ0) is 6.69. The molecule has 0 spiro atoms. The first-order valence-corrected chi connectivity index (χ1v) is 2.47.